The highest BCUT2D eigenvalue weighted by atomic mass is 35.5. The summed E-state index contributed by atoms with van der Waals surface area (Å²) in [7, 11) is 0. The minimum absolute atomic E-state index is 0.262. The zero-order valence-corrected chi connectivity index (χ0v) is 15.9. The van der Waals surface area contributed by atoms with Gasteiger partial charge in [0.05, 0.1) is 11.1 Å². The van der Waals surface area contributed by atoms with Crippen LogP contribution in [0, 0.1) is 6.92 Å². The van der Waals surface area contributed by atoms with Crippen molar-refractivity contribution >= 4 is 35.1 Å². The summed E-state index contributed by atoms with van der Waals surface area (Å²) in [5, 5.41) is 3.72. The lowest BCUT2D eigenvalue weighted by molar-refractivity contribution is -0.150. The molecule has 0 aliphatic heterocycles. The van der Waals surface area contributed by atoms with Gasteiger partial charge in [-0.1, -0.05) is 41.4 Å². The van der Waals surface area contributed by atoms with Crippen LogP contribution in [0.3, 0.4) is 0 Å². The second-order valence-electron chi connectivity index (χ2n) is 5.73. The van der Waals surface area contributed by atoms with E-state index in [2.05, 4.69) is 5.32 Å². The molecule has 0 aliphatic rings. The zero-order chi connectivity index (χ0) is 19.1. The Kier molecular flexibility index (Phi) is 7.30. The first kappa shape index (κ1) is 20.1. The molecule has 1 atom stereocenters. The van der Waals surface area contributed by atoms with Gasteiger partial charge in [-0.2, -0.15) is 0 Å². The molecule has 2 aromatic rings. The van der Waals surface area contributed by atoms with Gasteiger partial charge < -0.3 is 14.8 Å². The Morgan fingerprint density at radius 1 is 1.12 bits per heavy atom. The zero-order valence-electron chi connectivity index (χ0n) is 14.4. The van der Waals surface area contributed by atoms with Gasteiger partial charge in [0, 0.05) is 5.02 Å². The Hall–Kier alpha value is -2.24. The summed E-state index contributed by atoms with van der Waals surface area (Å²) in [5.41, 5.74) is 1.81. The van der Waals surface area contributed by atoms with E-state index in [9.17, 15) is 9.59 Å². The van der Waals surface area contributed by atoms with Crippen molar-refractivity contribution < 1.29 is 19.1 Å². The molecule has 0 heterocycles. The third kappa shape index (κ3) is 6.24. The van der Waals surface area contributed by atoms with E-state index in [4.69, 9.17) is 32.7 Å². The third-order valence-electron chi connectivity index (χ3n) is 3.52. The fraction of sp³-hybridized carbons (Fsp3) is 0.263. The number of halogens is 2. The highest BCUT2D eigenvalue weighted by Gasteiger charge is 2.13. The molecule has 138 valence electrons. The quantitative estimate of drug-likeness (QED) is 0.716. The first-order chi connectivity index (χ1) is 12.3. The highest BCUT2D eigenvalue weighted by Crippen LogP contribution is 2.25. The lowest BCUT2D eigenvalue weighted by Gasteiger charge is -2.15. The molecule has 0 aliphatic carbocycles. The fourth-order valence-corrected chi connectivity index (χ4v) is 2.56. The van der Waals surface area contributed by atoms with E-state index >= 15 is 0 Å². The van der Waals surface area contributed by atoms with Crippen molar-refractivity contribution in [1.82, 2.24) is 5.32 Å². The van der Waals surface area contributed by atoms with Crippen LogP contribution in [0.5, 0.6) is 5.75 Å². The second kappa shape index (κ2) is 9.46. The van der Waals surface area contributed by atoms with Crippen LogP contribution in [-0.2, 0) is 14.3 Å². The van der Waals surface area contributed by atoms with E-state index in [1.54, 1.807) is 30.3 Å². The molecule has 2 aromatic carbocycles. The number of nitrogens with one attached hydrogen (secondary N) is 1. The van der Waals surface area contributed by atoms with Crippen molar-refractivity contribution in [1.29, 1.82) is 0 Å². The van der Waals surface area contributed by atoms with E-state index in [0.717, 1.165) is 11.1 Å². The molecule has 0 fully saturated rings. The number of ether oxygens (including phenoxy) is 2. The number of hydrogen-bond acceptors (Lipinski definition) is 4. The summed E-state index contributed by atoms with van der Waals surface area (Å²) in [6.07, 6.45) is 0. The Bertz CT molecular complexity index is 795. The van der Waals surface area contributed by atoms with Gasteiger partial charge in [-0.05, 0) is 49.2 Å². The maximum atomic E-state index is 11.9. The predicted octanol–water partition coefficient (Wildman–Crippen LogP) is 4.10. The molecule has 1 amide bonds. The molecule has 5 nitrogen and oxygen atoms in total. The topological polar surface area (TPSA) is 64.6 Å². The van der Waals surface area contributed by atoms with Gasteiger partial charge in [-0.25, -0.2) is 4.79 Å². The second-order valence-corrected chi connectivity index (χ2v) is 6.57. The average molecular weight is 396 g/mol. The van der Waals surface area contributed by atoms with Gasteiger partial charge in [0.2, 0.25) is 0 Å². The number of carbonyl (C=O) groups excluding carboxylic acids is 2. The number of benzene rings is 2. The van der Waals surface area contributed by atoms with Crippen LogP contribution in [0.25, 0.3) is 0 Å². The van der Waals surface area contributed by atoms with Crippen LogP contribution >= 0.6 is 23.2 Å². The van der Waals surface area contributed by atoms with Crippen LogP contribution in [0.2, 0.25) is 10.0 Å². The molecule has 0 radical (unpaired) electrons. The van der Waals surface area contributed by atoms with E-state index in [-0.39, 0.29) is 12.6 Å². The maximum Gasteiger partial charge on any atom is 0.344 e. The normalized spacial score (nSPS) is 11.5. The number of rotatable bonds is 7. The smallest absolute Gasteiger partial charge is 0.344 e. The molecule has 2 rings (SSSR count). The van der Waals surface area contributed by atoms with E-state index in [1.807, 2.05) is 26.0 Å². The molecule has 26 heavy (non-hydrogen) atoms. The fourth-order valence-electron chi connectivity index (χ4n) is 2.19. The molecule has 1 N–H and O–H groups in total. The SMILES string of the molecule is Cc1ccc(Cl)c(OCC(=O)OCC(=O)N[C@@H](C)c2cccc(Cl)c2)c1. The molecule has 0 saturated carbocycles. The molecule has 0 saturated heterocycles. The minimum Gasteiger partial charge on any atom is -0.480 e. The number of amides is 1. The molecular weight excluding hydrogens is 377 g/mol. The van der Waals surface area contributed by atoms with Gasteiger partial charge in [0.15, 0.2) is 13.2 Å². The van der Waals surface area contributed by atoms with Crippen LogP contribution in [0.4, 0.5) is 0 Å². The Morgan fingerprint density at radius 3 is 2.62 bits per heavy atom. The molecular formula is C19H19Cl2NO4. The third-order valence-corrected chi connectivity index (χ3v) is 4.07. The van der Waals surface area contributed by atoms with Crippen LogP contribution in [-0.4, -0.2) is 25.1 Å². The van der Waals surface area contributed by atoms with Gasteiger partial charge in [-0.3, -0.25) is 4.79 Å². The standard InChI is InChI=1S/C19H19Cl2NO4/c1-12-6-7-16(21)17(8-12)25-11-19(24)26-10-18(23)22-13(2)14-4-3-5-15(20)9-14/h3-9,13H,10-11H2,1-2H3,(H,22,23)/t13-/m0/s1. The minimum atomic E-state index is -0.659. The molecule has 0 spiro atoms. The Morgan fingerprint density at radius 2 is 1.88 bits per heavy atom. The lowest BCUT2D eigenvalue weighted by Crippen LogP contribution is -2.31. The summed E-state index contributed by atoms with van der Waals surface area (Å²) >= 11 is 11.9. The van der Waals surface area contributed by atoms with Gasteiger partial charge in [0.25, 0.3) is 5.91 Å². The van der Waals surface area contributed by atoms with E-state index in [1.165, 1.54) is 0 Å². The summed E-state index contributed by atoms with van der Waals surface area (Å²) in [4.78, 5) is 23.6. The molecule has 0 aromatic heterocycles. The largest absolute Gasteiger partial charge is 0.480 e. The molecule has 0 bridgehead atoms. The maximum absolute atomic E-state index is 11.9. The Labute approximate surface area is 162 Å². The van der Waals surface area contributed by atoms with Crippen LogP contribution in [0.15, 0.2) is 42.5 Å². The predicted molar refractivity (Wildman–Crippen MR) is 101 cm³/mol. The van der Waals surface area contributed by atoms with E-state index < -0.39 is 18.5 Å². The molecule has 0 unspecified atom stereocenters. The van der Waals surface area contributed by atoms with Crippen molar-refractivity contribution in [3.8, 4) is 5.75 Å². The van der Waals surface area contributed by atoms with Gasteiger partial charge in [0.1, 0.15) is 5.75 Å². The van der Waals surface area contributed by atoms with Crippen molar-refractivity contribution in [2.45, 2.75) is 19.9 Å². The Balaban J connectivity index is 1.76. The number of esters is 1. The summed E-state index contributed by atoms with van der Waals surface area (Å²) < 4.78 is 10.2. The highest BCUT2D eigenvalue weighted by molar-refractivity contribution is 6.32. The average Bonchev–Trinajstić information content (AvgIpc) is 2.60. The summed E-state index contributed by atoms with van der Waals surface area (Å²) in [5.74, 6) is -0.685. The first-order valence-electron chi connectivity index (χ1n) is 7.94. The monoisotopic (exact) mass is 395 g/mol. The van der Waals surface area contributed by atoms with Crippen molar-refractivity contribution in [2.24, 2.45) is 0 Å². The van der Waals surface area contributed by atoms with Crippen molar-refractivity contribution in [3.63, 3.8) is 0 Å². The van der Waals surface area contributed by atoms with Gasteiger partial charge in [-0.15, -0.1) is 0 Å². The number of hydrogen-bond donors (Lipinski definition) is 1. The van der Waals surface area contributed by atoms with Gasteiger partial charge >= 0.3 is 5.97 Å². The van der Waals surface area contributed by atoms with E-state index in [0.29, 0.717) is 15.8 Å². The molecule has 7 heteroatoms. The first-order valence-corrected chi connectivity index (χ1v) is 8.70. The van der Waals surface area contributed by atoms with Crippen LogP contribution < -0.4 is 10.1 Å². The number of carbonyl (C=O) groups is 2. The van der Waals surface area contributed by atoms with Crippen molar-refractivity contribution in [2.75, 3.05) is 13.2 Å². The summed E-state index contributed by atoms with van der Waals surface area (Å²) in [6.45, 7) is 2.97. The number of aryl methyl sites for hydroxylation is 1. The summed E-state index contributed by atoms with van der Waals surface area (Å²) in [6, 6.07) is 12.1. The van der Waals surface area contributed by atoms with Crippen LogP contribution in [0.1, 0.15) is 24.1 Å². The van der Waals surface area contributed by atoms with Crippen molar-refractivity contribution in [3.05, 3.63) is 63.6 Å². The lowest BCUT2D eigenvalue weighted by atomic mass is 10.1.